The Balaban J connectivity index is 2.64. The molecule has 68 valence electrons. The third kappa shape index (κ3) is 3.75. The fourth-order valence-corrected chi connectivity index (χ4v) is 12.2. The van der Waals surface area contributed by atoms with Crippen LogP contribution < -0.4 is 0 Å². The van der Waals surface area contributed by atoms with E-state index in [0.717, 1.165) is 0 Å². The molecule has 0 radical (unpaired) electrons. The third-order valence-corrected chi connectivity index (χ3v) is 10.00. The van der Waals surface area contributed by atoms with Crippen LogP contribution >= 0.6 is 23.0 Å². The molecule has 0 bridgehead atoms. The van der Waals surface area contributed by atoms with E-state index < -0.39 is 7.22 Å². The molecule has 0 nitrogen and oxygen atoms in total. The van der Waals surface area contributed by atoms with E-state index >= 15 is 0 Å². The molecule has 0 saturated carbocycles. The zero-order chi connectivity index (χ0) is 9.19. The average Bonchev–Trinajstić information content (AvgIpc) is 2.32. The molecule has 0 aromatic carbocycles. The molecule has 1 aromatic heterocycles. The summed E-state index contributed by atoms with van der Waals surface area (Å²) in [6.45, 7) is 7.23. The number of rotatable bonds is 3. The van der Waals surface area contributed by atoms with Crippen LogP contribution in [0.15, 0.2) is 19.7 Å². The quantitative estimate of drug-likeness (QED) is 0.615. The maximum absolute atomic E-state index is 2.41. The van der Waals surface area contributed by atoms with Gasteiger partial charge in [-0.05, 0) is 0 Å². The van der Waals surface area contributed by atoms with Gasteiger partial charge in [-0.25, -0.2) is 0 Å². The van der Waals surface area contributed by atoms with E-state index in [-0.39, 0.29) is 0 Å². The Kier molecular flexibility index (Phi) is 4.05. The SMILES string of the molecule is CSc1ccc(S[Si](C)(C)C)[se]1. The van der Waals surface area contributed by atoms with Crippen LogP contribution in [-0.2, 0) is 0 Å². The summed E-state index contributed by atoms with van der Waals surface area (Å²) in [5.41, 5.74) is 0. The zero-order valence-corrected chi connectivity index (χ0v) is 12.2. The molecule has 0 unspecified atom stereocenters. The topological polar surface area (TPSA) is 0 Å². The van der Waals surface area contributed by atoms with Crippen molar-refractivity contribution in [3.05, 3.63) is 12.1 Å². The standard InChI is InChI=1S/C8H14S2SeSi/c1-9-7-5-6-8(11-7)10-12(2,3)4/h5-6H,1-4H3. The molecule has 0 spiro atoms. The van der Waals surface area contributed by atoms with E-state index in [1.54, 1.807) is 7.54 Å². The molecule has 4 heteroatoms. The second-order valence-corrected chi connectivity index (χ2v) is 16.9. The average molecular weight is 281 g/mol. The molecule has 1 heterocycles. The summed E-state index contributed by atoms with van der Waals surface area (Å²) in [7, 11) is -0.943. The molecule has 0 aliphatic carbocycles. The summed E-state index contributed by atoms with van der Waals surface area (Å²) in [6.07, 6.45) is 2.17. The van der Waals surface area contributed by atoms with Crippen molar-refractivity contribution in [1.29, 1.82) is 0 Å². The molecule has 0 atom stereocenters. The van der Waals surface area contributed by atoms with Gasteiger partial charge in [0.1, 0.15) is 0 Å². The van der Waals surface area contributed by atoms with E-state index in [9.17, 15) is 0 Å². The van der Waals surface area contributed by atoms with Crippen LogP contribution in [0.25, 0.3) is 0 Å². The van der Waals surface area contributed by atoms with Gasteiger partial charge in [0.05, 0.1) is 0 Å². The number of hydrogen-bond acceptors (Lipinski definition) is 2. The Labute approximate surface area is 89.9 Å². The molecular weight excluding hydrogens is 267 g/mol. The van der Waals surface area contributed by atoms with Crippen molar-refractivity contribution < 1.29 is 0 Å². The van der Waals surface area contributed by atoms with E-state index in [0.29, 0.717) is 14.5 Å². The number of thioether (sulfide) groups is 1. The van der Waals surface area contributed by atoms with Gasteiger partial charge in [0.25, 0.3) is 0 Å². The molecule has 0 N–H and O–H groups in total. The predicted octanol–water partition coefficient (Wildman–Crippen LogP) is 3.39. The van der Waals surface area contributed by atoms with Crippen LogP contribution in [0.5, 0.6) is 0 Å². The Morgan fingerprint density at radius 1 is 1.17 bits per heavy atom. The van der Waals surface area contributed by atoms with Crippen LogP contribution in [0.1, 0.15) is 0 Å². The molecule has 0 fully saturated rings. The van der Waals surface area contributed by atoms with Crippen molar-refractivity contribution in [2.24, 2.45) is 0 Å². The monoisotopic (exact) mass is 282 g/mol. The minimum atomic E-state index is -0.943. The van der Waals surface area contributed by atoms with E-state index in [2.05, 4.69) is 49.2 Å². The molecule has 1 rings (SSSR count). The van der Waals surface area contributed by atoms with Crippen LogP contribution in [0.2, 0.25) is 19.6 Å². The van der Waals surface area contributed by atoms with Crippen molar-refractivity contribution >= 4 is 44.7 Å². The summed E-state index contributed by atoms with van der Waals surface area (Å²) in [6, 6.07) is 4.60. The molecule has 0 saturated heterocycles. The van der Waals surface area contributed by atoms with Crippen LogP contribution in [0.4, 0.5) is 0 Å². The van der Waals surface area contributed by atoms with E-state index in [4.69, 9.17) is 0 Å². The van der Waals surface area contributed by atoms with Gasteiger partial charge in [-0.1, -0.05) is 0 Å². The summed E-state index contributed by atoms with van der Waals surface area (Å²) >= 11 is 4.69. The Hall–Kier alpha value is 0.916. The predicted molar refractivity (Wildman–Crippen MR) is 64.4 cm³/mol. The van der Waals surface area contributed by atoms with Crippen molar-refractivity contribution in [3.8, 4) is 0 Å². The minimum absolute atomic E-state index is 0.643. The first-order chi connectivity index (χ1) is 5.51. The van der Waals surface area contributed by atoms with Gasteiger partial charge < -0.3 is 0 Å². The molecule has 0 aliphatic heterocycles. The maximum atomic E-state index is 2.41. The Morgan fingerprint density at radius 3 is 2.17 bits per heavy atom. The van der Waals surface area contributed by atoms with Gasteiger partial charge in [-0.3, -0.25) is 0 Å². The molecule has 12 heavy (non-hydrogen) atoms. The van der Waals surface area contributed by atoms with Gasteiger partial charge in [-0.15, -0.1) is 0 Å². The summed E-state index contributed by atoms with van der Waals surface area (Å²) < 4.78 is 3.20. The summed E-state index contributed by atoms with van der Waals surface area (Å²) in [4.78, 5) is 0. The molecular formula is C8H14S2SeSi. The molecule has 1 aromatic rings. The van der Waals surface area contributed by atoms with Crippen molar-refractivity contribution in [1.82, 2.24) is 0 Å². The Morgan fingerprint density at radius 2 is 1.75 bits per heavy atom. The number of hydrogen-bond donors (Lipinski definition) is 0. The van der Waals surface area contributed by atoms with E-state index in [1.165, 1.54) is 0 Å². The normalized spacial score (nSPS) is 12.0. The first-order valence-electron chi connectivity index (χ1n) is 3.84. The van der Waals surface area contributed by atoms with Crippen LogP contribution in [0.3, 0.4) is 0 Å². The molecule has 0 aliphatic rings. The van der Waals surface area contributed by atoms with E-state index in [1.807, 2.05) is 11.8 Å². The van der Waals surface area contributed by atoms with Gasteiger partial charge in [0.2, 0.25) is 0 Å². The fourth-order valence-electron chi connectivity index (χ4n) is 0.770. The fraction of sp³-hybridized carbons (Fsp3) is 0.500. The zero-order valence-electron chi connectivity index (χ0n) is 7.88. The van der Waals surface area contributed by atoms with Gasteiger partial charge >= 0.3 is 90.3 Å². The second-order valence-electron chi connectivity index (χ2n) is 3.49. The van der Waals surface area contributed by atoms with Gasteiger partial charge in [0.15, 0.2) is 0 Å². The summed E-state index contributed by atoms with van der Waals surface area (Å²) in [5.74, 6) is 0. The van der Waals surface area contributed by atoms with Gasteiger partial charge in [0, 0.05) is 0 Å². The Bertz CT molecular complexity index is 252. The van der Waals surface area contributed by atoms with Crippen molar-refractivity contribution in [2.45, 2.75) is 27.2 Å². The van der Waals surface area contributed by atoms with Crippen molar-refractivity contribution in [3.63, 3.8) is 0 Å². The van der Waals surface area contributed by atoms with Crippen LogP contribution in [0, 0.1) is 0 Å². The third-order valence-electron chi connectivity index (χ3n) is 1.16. The van der Waals surface area contributed by atoms with Crippen molar-refractivity contribution in [2.75, 3.05) is 6.26 Å². The van der Waals surface area contributed by atoms with Crippen LogP contribution in [-0.4, -0.2) is 28.0 Å². The summed E-state index contributed by atoms with van der Waals surface area (Å²) in [5, 5.41) is 0. The first kappa shape index (κ1) is 11.0. The first-order valence-corrected chi connectivity index (χ1v) is 11.8. The van der Waals surface area contributed by atoms with Gasteiger partial charge in [-0.2, -0.15) is 0 Å². The molecule has 0 amide bonds. The second kappa shape index (κ2) is 4.42.